The lowest BCUT2D eigenvalue weighted by Gasteiger charge is -2.19. The van der Waals surface area contributed by atoms with Crippen molar-refractivity contribution in [3.05, 3.63) is 35.4 Å². The van der Waals surface area contributed by atoms with E-state index >= 15 is 0 Å². The van der Waals surface area contributed by atoms with Crippen molar-refractivity contribution < 1.29 is 5.11 Å². The molecule has 15 heavy (non-hydrogen) atoms. The second-order valence-electron chi connectivity index (χ2n) is 3.58. The minimum Gasteiger partial charge on any atom is -0.391 e. The van der Waals surface area contributed by atoms with E-state index < -0.39 is 12.1 Å². The molecule has 80 valence electrons. The number of nitrogens with two attached hydrogens (primary N) is 1. The lowest BCUT2D eigenvalue weighted by atomic mass is 9.95. The fourth-order valence-corrected chi connectivity index (χ4v) is 1.57. The van der Waals surface area contributed by atoms with Gasteiger partial charge in [-0.1, -0.05) is 31.5 Å². The molecule has 0 aliphatic carbocycles. The molecular weight excluding hydrogens is 188 g/mol. The van der Waals surface area contributed by atoms with Crippen LogP contribution in [-0.2, 0) is 0 Å². The van der Waals surface area contributed by atoms with Gasteiger partial charge in [-0.05, 0) is 18.1 Å². The Kier molecular flexibility index (Phi) is 4.29. The van der Waals surface area contributed by atoms with E-state index in [-0.39, 0.29) is 0 Å². The molecule has 0 unspecified atom stereocenters. The van der Waals surface area contributed by atoms with E-state index in [1.54, 1.807) is 18.2 Å². The Morgan fingerprint density at radius 3 is 2.73 bits per heavy atom. The summed E-state index contributed by atoms with van der Waals surface area (Å²) in [6.45, 7) is 1.99. The van der Waals surface area contributed by atoms with Crippen molar-refractivity contribution in [2.24, 2.45) is 5.73 Å². The summed E-state index contributed by atoms with van der Waals surface area (Å²) in [6.07, 6.45) is 0.953. The van der Waals surface area contributed by atoms with E-state index in [9.17, 15) is 5.11 Å². The number of rotatable bonds is 4. The Morgan fingerprint density at radius 2 is 2.13 bits per heavy atom. The smallest absolute Gasteiger partial charge is 0.0995 e. The van der Waals surface area contributed by atoms with Crippen LogP contribution in [0.5, 0.6) is 0 Å². The van der Waals surface area contributed by atoms with Crippen LogP contribution in [0.1, 0.15) is 36.9 Å². The van der Waals surface area contributed by atoms with Crippen molar-refractivity contribution in [2.45, 2.75) is 31.9 Å². The summed E-state index contributed by atoms with van der Waals surface area (Å²) >= 11 is 0. The van der Waals surface area contributed by atoms with Gasteiger partial charge in [0.15, 0.2) is 0 Å². The monoisotopic (exact) mass is 204 g/mol. The summed E-state index contributed by atoms with van der Waals surface area (Å²) in [5.74, 6) is 0. The summed E-state index contributed by atoms with van der Waals surface area (Å²) < 4.78 is 0. The van der Waals surface area contributed by atoms with E-state index in [1.165, 1.54) is 0 Å². The van der Waals surface area contributed by atoms with Gasteiger partial charge in [-0.15, -0.1) is 0 Å². The van der Waals surface area contributed by atoms with Crippen molar-refractivity contribution >= 4 is 0 Å². The Balaban J connectivity index is 2.91. The van der Waals surface area contributed by atoms with Gasteiger partial charge in [-0.2, -0.15) is 5.26 Å². The van der Waals surface area contributed by atoms with E-state index in [0.717, 1.165) is 12.0 Å². The van der Waals surface area contributed by atoms with Crippen LogP contribution in [0.25, 0.3) is 0 Å². The van der Waals surface area contributed by atoms with Crippen LogP contribution in [0.3, 0.4) is 0 Å². The Morgan fingerprint density at radius 1 is 1.47 bits per heavy atom. The van der Waals surface area contributed by atoms with Crippen LogP contribution in [0.15, 0.2) is 24.3 Å². The first kappa shape index (κ1) is 11.7. The van der Waals surface area contributed by atoms with Gasteiger partial charge in [0.2, 0.25) is 0 Å². The Hall–Kier alpha value is -1.37. The van der Waals surface area contributed by atoms with Crippen molar-refractivity contribution in [3.8, 4) is 6.07 Å². The maximum Gasteiger partial charge on any atom is 0.0995 e. The number of benzene rings is 1. The lowest BCUT2D eigenvalue weighted by Crippen LogP contribution is -2.26. The predicted octanol–water partition coefficient (Wildman–Crippen LogP) is 1.72. The van der Waals surface area contributed by atoms with Crippen LogP contribution >= 0.6 is 0 Å². The Labute approximate surface area is 90.1 Å². The normalized spacial score (nSPS) is 14.3. The molecule has 3 nitrogen and oxygen atoms in total. The molecule has 0 aliphatic heterocycles. The first-order chi connectivity index (χ1) is 7.20. The first-order valence-electron chi connectivity index (χ1n) is 5.13. The average molecular weight is 204 g/mol. The minimum absolute atomic E-state index is 0.471. The molecule has 0 saturated heterocycles. The maximum atomic E-state index is 9.76. The second kappa shape index (κ2) is 5.50. The Bertz CT molecular complexity index is 357. The molecule has 2 atom stereocenters. The molecule has 3 N–H and O–H groups in total. The molecular formula is C12H16N2O. The summed E-state index contributed by atoms with van der Waals surface area (Å²) in [5.41, 5.74) is 7.16. The highest BCUT2D eigenvalue weighted by molar-refractivity contribution is 5.39. The average Bonchev–Trinajstić information content (AvgIpc) is 2.28. The van der Waals surface area contributed by atoms with Crippen molar-refractivity contribution in [1.82, 2.24) is 0 Å². The van der Waals surface area contributed by atoms with Gasteiger partial charge in [0, 0.05) is 0 Å². The first-order valence-corrected chi connectivity index (χ1v) is 5.13. The summed E-state index contributed by atoms with van der Waals surface area (Å²) in [7, 11) is 0. The lowest BCUT2D eigenvalue weighted by molar-refractivity contribution is 0.134. The molecule has 3 heteroatoms. The van der Waals surface area contributed by atoms with E-state index in [4.69, 9.17) is 11.0 Å². The van der Waals surface area contributed by atoms with Gasteiger partial charge in [0.05, 0.1) is 23.8 Å². The van der Waals surface area contributed by atoms with Gasteiger partial charge in [0.25, 0.3) is 0 Å². The van der Waals surface area contributed by atoms with Crippen LogP contribution in [0.4, 0.5) is 0 Å². The highest BCUT2D eigenvalue weighted by atomic mass is 16.3. The zero-order valence-corrected chi connectivity index (χ0v) is 8.85. The summed E-state index contributed by atoms with van der Waals surface area (Å²) in [4.78, 5) is 0. The number of hydrogen-bond acceptors (Lipinski definition) is 3. The molecule has 0 aliphatic rings. The highest BCUT2D eigenvalue weighted by Crippen LogP contribution is 2.20. The zero-order valence-electron chi connectivity index (χ0n) is 8.85. The topological polar surface area (TPSA) is 70.0 Å². The molecule has 0 spiro atoms. The van der Waals surface area contributed by atoms with Crippen LogP contribution in [0, 0.1) is 11.3 Å². The quantitative estimate of drug-likeness (QED) is 0.784. The number of nitriles is 1. The maximum absolute atomic E-state index is 9.76. The zero-order chi connectivity index (χ0) is 11.3. The van der Waals surface area contributed by atoms with Gasteiger partial charge in [-0.25, -0.2) is 0 Å². The van der Waals surface area contributed by atoms with E-state index in [2.05, 4.69) is 6.07 Å². The largest absolute Gasteiger partial charge is 0.391 e. The molecule has 1 aromatic carbocycles. The van der Waals surface area contributed by atoms with Crippen molar-refractivity contribution in [3.63, 3.8) is 0 Å². The SMILES string of the molecule is CCC[C@@H](O)[C@@H](N)c1ccccc1C#N. The van der Waals surface area contributed by atoms with Crippen LogP contribution in [0.2, 0.25) is 0 Å². The number of aliphatic hydroxyl groups is 1. The van der Waals surface area contributed by atoms with Gasteiger partial charge >= 0.3 is 0 Å². The van der Waals surface area contributed by atoms with Crippen molar-refractivity contribution in [2.75, 3.05) is 0 Å². The minimum atomic E-state index is -0.579. The number of aliphatic hydroxyl groups excluding tert-OH is 1. The fraction of sp³-hybridized carbons (Fsp3) is 0.417. The third-order valence-corrected chi connectivity index (χ3v) is 2.44. The van der Waals surface area contributed by atoms with Gasteiger partial charge in [0.1, 0.15) is 0 Å². The molecule has 0 saturated carbocycles. The second-order valence-corrected chi connectivity index (χ2v) is 3.58. The summed E-state index contributed by atoms with van der Waals surface area (Å²) in [5, 5.41) is 18.6. The van der Waals surface area contributed by atoms with Gasteiger partial charge in [-0.3, -0.25) is 0 Å². The third kappa shape index (κ3) is 2.79. The number of nitrogens with zero attached hydrogens (tertiary/aromatic N) is 1. The molecule has 0 amide bonds. The van der Waals surface area contributed by atoms with Crippen LogP contribution < -0.4 is 5.73 Å². The molecule has 0 aromatic heterocycles. The summed E-state index contributed by atoms with van der Waals surface area (Å²) in [6, 6.07) is 8.74. The molecule has 0 fully saturated rings. The molecule has 1 rings (SSSR count). The highest BCUT2D eigenvalue weighted by Gasteiger charge is 2.18. The van der Waals surface area contributed by atoms with Crippen molar-refractivity contribution in [1.29, 1.82) is 5.26 Å². The van der Waals surface area contributed by atoms with E-state index in [1.807, 2.05) is 13.0 Å². The number of hydrogen-bond donors (Lipinski definition) is 2. The molecule has 0 radical (unpaired) electrons. The molecule has 1 aromatic rings. The molecule has 0 bridgehead atoms. The van der Waals surface area contributed by atoms with Gasteiger partial charge < -0.3 is 10.8 Å². The van der Waals surface area contributed by atoms with E-state index in [0.29, 0.717) is 12.0 Å². The fourth-order valence-electron chi connectivity index (χ4n) is 1.57. The predicted molar refractivity (Wildman–Crippen MR) is 59.0 cm³/mol. The molecule has 0 heterocycles. The third-order valence-electron chi connectivity index (χ3n) is 2.44. The standard InChI is InChI=1S/C12H16N2O/c1-2-5-11(15)12(14)10-7-4-3-6-9(10)8-13/h3-4,6-7,11-12,15H,2,5,14H2,1H3/t11-,12+/m1/s1. The van der Waals surface area contributed by atoms with Crippen LogP contribution in [-0.4, -0.2) is 11.2 Å².